The highest BCUT2D eigenvalue weighted by atomic mass is 16.5. The molecule has 4 bridgehead atoms. The number of hydrogen-bond acceptors (Lipinski definition) is 7. The summed E-state index contributed by atoms with van der Waals surface area (Å²) in [5.41, 5.74) is 0.483. The van der Waals surface area contributed by atoms with Crippen LogP contribution in [0.3, 0.4) is 0 Å². The van der Waals surface area contributed by atoms with Crippen LogP contribution in [-0.2, 0) is 30.5 Å². The molecule has 8 nitrogen and oxygen atoms in total. The van der Waals surface area contributed by atoms with Gasteiger partial charge >= 0.3 is 11.9 Å². The second-order valence-electron chi connectivity index (χ2n) is 22.0. The maximum absolute atomic E-state index is 14.2. The van der Waals surface area contributed by atoms with E-state index in [2.05, 4.69) is 57.5 Å². The molecular weight excluding hydrogens is 663 g/mol. The summed E-state index contributed by atoms with van der Waals surface area (Å²) < 4.78 is 14.1. The van der Waals surface area contributed by atoms with E-state index in [1.54, 1.807) is 0 Å². The predicted molar refractivity (Wildman–Crippen MR) is 201 cm³/mol. The van der Waals surface area contributed by atoms with E-state index in [0.717, 1.165) is 89.2 Å². The smallest absolute Gasteiger partial charge is 0.312 e. The predicted octanol–water partition coefficient (Wildman–Crippen LogP) is 9.60. The number of carbonyl (C=O) groups is 3. The van der Waals surface area contributed by atoms with Gasteiger partial charge in [-0.3, -0.25) is 14.4 Å². The summed E-state index contributed by atoms with van der Waals surface area (Å²) in [7, 11) is 0. The molecule has 0 aliphatic heterocycles. The lowest BCUT2D eigenvalue weighted by Crippen LogP contribution is -2.58. The third kappa shape index (κ3) is 4.86. The average Bonchev–Trinajstić information content (AvgIpc) is 3.70. The van der Waals surface area contributed by atoms with Crippen LogP contribution in [0.25, 0.3) is 0 Å². The van der Waals surface area contributed by atoms with Gasteiger partial charge in [-0.25, -0.2) is 4.68 Å². The van der Waals surface area contributed by atoms with E-state index in [0.29, 0.717) is 30.1 Å². The van der Waals surface area contributed by atoms with Gasteiger partial charge in [0.2, 0.25) is 0 Å². The number of hydrogen-bond donors (Lipinski definition) is 0. The summed E-state index contributed by atoms with van der Waals surface area (Å²) in [5.74, 6) is 2.22. The van der Waals surface area contributed by atoms with Crippen molar-refractivity contribution in [3.05, 3.63) is 11.9 Å². The molecule has 0 aromatic carbocycles. The Morgan fingerprint density at radius 1 is 0.736 bits per heavy atom. The number of Topliss-reactive ketones (excluding diaryl/α,β-unsaturated/α-hetero) is 1. The standard InChI is InChI=1S/C45H67N3O5/c1-8-52-36(50)42(6)17-9-15-40(4)30(42)13-21-44-23-34(38(2,27-44)19-11-32(40)44)48-25-29(46-47-48)26-53-37(51)43(7)18-10-16-41(5)31(43)14-22-45-24-35(49)39(3,28-45)20-12-33(41)45/h25,30-34H,8-24,26-28H2,1-7H3/t30-,31-,32-,33-,34-,38-,39-,40+,41+,42+,43+,44-,45-/m0/s1. The molecule has 1 aromatic heterocycles. The largest absolute Gasteiger partial charge is 0.466 e. The highest BCUT2D eigenvalue weighted by molar-refractivity contribution is 5.88. The normalized spacial score (nSPS) is 51.1. The van der Waals surface area contributed by atoms with Gasteiger partial charge in [0.25, 0.3) is 0 Å². The lowest BCUT2D eigenvalue weighted by molar-refractivity contribution is -0.189. The molecule has 8 heteroatoms. The summed E-state index contributed by atoms with van der Waals surface area (Å²) in [6, 6.07) is 0.274. The highest BCUT2D eigenvalue weighted by Gasteiger charge is 2.70. The molecule has 8 aliphatic rings. The van der Waals surface area contributed by atoms with Crippen LogP contribution in [0.2, 0.25) is 0 Å². The molecule has 0 amide bonds. The molecule has 1 aromatic rings. The Hall–Kier alpha value is -2.25. The van der Waals surface area contributed by atoms with E-state index < -0.39 is 5.41 Å². The van der Waals surface area contributed by atoms with E-state index in [-0.39, 0.29) is 68.4 Å². The zero-order chi connectivity index (χ0) is 37.5. The molecule has 1 heterocycles. The summed E-state index contributed by atoms with van der Waals surface area (Å²) in [6.07, 6.45) is 21.4. The second kappa shape index (κ2) is 11.6. The van der Waals surface area contributed by atoms with Gasteiger partial charge in [-0.05, 0) is 168 Å². The molecule has 0 N–H and O–H groups in total. The minimum absolute atomic E-state index is 0.0226. The van der Waals surface area contributed by atoms with Crippen molar-refractivity contribution in [2.45, 2.75) is 177 Å². The topological polar surface area (TPSA) is 100 Å². The third-order valence-electron chi connectivity index (χ3n) is 19.4. The number of ether oxygens (including phenoxy) is 2. The average molecular weight is 730 g/mol. The van der Waals surface area contributed by atoms with Gasteiger partial charge in [0, 0.05) is 11.8 Å². The lowest BCUT2D eigenvalue weighted by Gasteiger charge is -2.64. The van der Waals surface area contributed by atoms with Crippen molar-refractivity contribution in [2.24, 2.45) is 67.0 Å². The van der Waals surface area contributed by atoms with Crippen LogP contribution in [-0.4, -0.2) is 39.3 Å². The molecule has 0 saturated heterocycles. The Balaban J connectivity index is 0.892. The van der Waals surface area contributed by atoms with Gasteiger partial charge in [-0.15, -0.1) is 5.10 Å². The molecule has 8 aliphatic carbocycles. The third-order valence-corrected chi connectivity index (χ3v) is 19.4. The van der Waals surface area contributed by atoms with Crippen molar-refractivity contribution in [1.29, 1.82) is 0 Å². The van der Waals surface area contributed by atoms with Crippen molar-refractivity contribution in [3.8, 4) is 0 Å². The van der Waals surface area contributed by atoms with Crippen molar-refractivity contribution in [2.75, 3.05) is 6.61 Å². The van der Waals surface area contributed by atoms with Gasteiger partial charge in [0.15, 0.2) is 0 Å². The first kappa shape index (κ1) is 36.4. The number of aromatic nitrogens is 3. The van der Waals surface area contributed by atoms with Crippen LogP contribution < -0.4 is 0 Å². The molecule has 8 saturated carbocycles. The fourth-order valence-corrected chi connectivity index (χ4v) is 17.3. The second-order valence-corrected chi connectivity index (χ2v) is 22.0. The first-order chi connectivity index (χ1) is 25.0. The highest BCUT2D eigenvalue weighted by Crippen LogP contribution is 2.76. The maximum atomic E-state index is 14.2. The lowest BCUT2D eigenvalue weighted by atomic mass is 9.40. The van der Waals surface area contributed by atoms with Gasteiger partial charge in [-0.1, -0.05) is 45.7 Å². The number of ketones is 1. The maximum Gasteiger partial charge on any atom is 0.312 e. The zero-order valence-corrected chi connectivity index (χ0v) is 34.0. The molecular formula is C45H67N3O5. The molecule has 0 unspecified atom stereocenters. The Morgan fingerprint density at radius 3 is 1.98 bits per heavy atom. The van der Waals surface area contributed by atoms with Crippen molar-refractivity contribution in [1.82, 2.24) is 15.0 Å². The van der Waals surface area contributed by atoms with Crippen LogP contribution in [0.5, 0.6) is 0 Å². The number of nitrogens with zero attached hydrogens (tertiary/aromatic N) is 3. The number of fused-ring (bicyclic) bond motifs is 6. The first-order valence-corrected chi connectivity index (χ1v) is 21.8. The van der Waals surface area contributed by atoms with Gasteiger partial charge in [-0.2, -0.15) is 0 Å². The van der Waals surface area contributed by atoms with E-state index in [1.807, 2.05) is 6.92 Å². The SMILES string of the molecule is CCOC(=O)[C@]1(C)CCC[C@@]2(C)[C@@H]3CC[C@@]4(C)C[C@]3(CC[C@@H]21)C[C@@H]4n1cc(COC(=O)[C@]2(C)CCC[C@@]3(C)[C@@H]4CC[C@@]5(C)C[C@]4(CC[C@@H]32)CC5=O)nn1. The first-order valence-electron chi connectivity index (χ1n) is 21.8. The Bertz CT molecular complexity index is 1710. The quantitative estimate of drug-likeness (QED) is 0.269. The fraction of sp³-hybridized carbons (Fsp3) is 0.889. The van der Waals surface area contributed by atoms with Crippen molar-refractivity contribution >= 4 is 17.7 Å². The van der Waals surface area contributed by atoms with Crippen LogP contribution in [0.4, 0.5) is 0 Å². The molecule has 53 heavy (non-hydrogen) atoms. The number of rotatable bonds is 6. The van der Waals surface area contributed by atoms with Crippen molar-refractivity contribution in [3.63, 3.8) is 0 Å². The molecule has 2 spiro atoms. The summed E-state index contributed by atoms with van der Waals surface area (Å²) in [6.45, 7) is 16.6. The Labute approximate surface area is 318 Å². The zero-order valence-electron chi connectivity index (χ0n) is 34.0. The number of carbonyl (C=O) groups excluding carboxylic acids is 3. The van der Waals surface area contributed by atoms with Gasteiger partial charge in [0.1, 0.15) is 18.1 Å². The molecule has 8 fully saturated rings. The van der Waals surface area contributed by atoms with Gasteiger partial charge < -0.3 is 9.47 Å². The van der Waals surface area contributed by atoms with Crippen molar-refractivity contribution < 1.29 is 23.9 Å². The molecule has 0 radical (unpaired) electrons. The summed E-state index contributed by atoms with van der Waals surface area (Å²) in [4.78, 5) is 40.8. The van der Waals surface area contributed by atoms with E-state index >= 15 is 0 Å². The summed E-state index contributed by atoms with van der Waals surface area (Å²) in [5, 5.41) is 9.38. The molecule has 9 rings (SSSR count). The minimum atomic E-state index is -0.518. The molecule has 13 atom stereocenters. The van der Waals surface area contributed by atoms with E-state index in [9.17, 15) is 14.4 Å². The van der Waals surface area contributed by atoms with Gasteiger partial charge in [0.05, 0.1) is 29.7 Å². The minimum Gasteiger partial charge on any atom is -0.466 e. The number of esters is 2. The molecule has 292 valence electrons. The van der Waals surface area contributed by atoms with E-state index in [4.69, 9.17) is 14.7 Å². The Morgan fingerprint density at radius 2 is 1.32 bits per heavy atom. The summed E-state index contributed by atoms with van der Waals surface area (Å²) >= 11 is 0. The van der Waals surface area contributed by atoms with Crippen LogP contribution in [0, 0.1) is 67.0 Å². The van der Waals surface area contributed by atoms with Crippen LogP contribution in [0.1, 0.15) is 176 Å². The fourth-order valence-electron chi connectivity index (χ4n) is 17.3. The van der Waals surface area contributed by atoms with E-state index in [1.165, 1.54) is 32.1 Å². The Kier molecular flexibility index (Phi) is 8.00. The van der Waals surface area contributed by atoms with Crippen LogP contribution in [0.15, 0.2) is 6.20 Å². The van der Waals surface area contributed by atoms with Crippen LogP contribution >= 0.6 is 0 Å². The monoisotopic (exact) mass is 730 g/mol.